The van der Waals surface area contributed by atoms with Crippen molar-refractivity contribution in [1.82, 2.24) is 10.3 Å². The number of hydrogen-bond donors (Lipinski definition) is 6. The number of phenols is 1. The monoisotopic (exact) mass is 853 g/mol. The molecule has 1 aliphatic rings. The number of rotatable bonds is 12. The minimum absolute atomic E-state index is 0.0128. The van der Waals surface area contributed by atoms with Gasteiger partial charge in [0.25, 0.3) is 0 Å². The van der Waals surface area contributed by atoms with Crippen LogP contribution in [0.5, 0.6) is 5.75 Å². The van der Waals surface area contributed by atoms with E-state index in [1.54, 1.807) is 6.07 Å². The van der Waals surface area contributed by atoms with E-state index in [2.05, 4.69) is 35.0 Å². The molecule has 61 heavy (non-hydrogen) atoms. The second-order valence-corrected chi connectivity index (χ2v) is 15.0. The number of aliphatic hydroxyl groups is 1. The maximum absolute atomic E-state index is 15.1. The predicted octanol–water partition coefficient (Wildman–Crippen LogP) is 5.66. The summed E-state index contributed by atoms with van der Waals surface area (Å²) in [7, 11) is 4.31. The molecule has 5 aromatic rings. The zero-order valence-corrected chi connectivity index (χ0v) is 33.1. The summed E-state index contributed by atoms with van der Waals surface area (Å²) in [6, 6.07) is 22.6. The molecule has 0 saturated carbocycles. The lowest BCUT2D eigenvalue weighted by Gasteiger charge is -2.36. The molecule has 13 nitrogen and oxygen atoms in total. The number of nitrogens with one attached hydrogen (secondary N) is 4. The van der Waals surface area contributed by atoms with Crippen molar-refractivity contribution in [2.75, 3.05) is 44.4 Å². The number of fused-ring (bicyclic) bond motifs is 1. The Hall–Kier alpha value is -6.37. The van der Waals surface area contributed by atoms with Gasteiger partial charge in [0, 0.05) is 61.0 Å². The van der Waals surface area contributed by atoms with Crippen LogP contribution in [0.15, 0.2) is 89.7 Å². The zero-order valence-electron chi connectivity index (χ0n) is 33.1. The van der Waals surface area contributed by atoms with Gasteiger partial charge in [-0.3, -0.25) is 14.9 Å². The Kier molecular flexibility index (Phi) is 14.8. The van der Waals surface area contributed by atoms with Crippen molar-refractivity contribution in [3.63, 3.8) is 0 Å². The molecule has 2 amide bonds. The first-order valence-corrected chi connectivity index (χ1v) is 19.1. The van der Waals surface area contributed by atoms with Crippen LogP contribution in [0.4, 0.5) is 38.1 Å². The number of aromatic amines is 1. The van der Waals surface area contributed by atoms with Gasteiger partial charge in [-0.2, -0.15) is 13.2 Å². The van der Waals surface area contributed by atoms with Gasteiger partial charge in [-0.15, -0.1) is 0 Å². The first-order valence-electron chi connectivity index (χ1n) is 19.1. The number of amides is 2. The number of carbonyl (C=O) groups is 3. The summed E-state index contributed by atoms with van der Waals surface area (Å²) < 4.78 is 68.3. The van der Waals surface area contributed by atoms with Crippen LogP contribution in [0.25, 0.3) is 22.0 Å². The van der Waals surface area contributed by atoms with Crippen molar-refractivity contribution in [1.29, 1.82) is 0 Å². The number of ether oxygens (including phenoxy) is 1. The van der Waals surface area contributed by atoms with E-state index in [9.17, 15) is 37.8 Å². The number of anilines is 2. The average molecular weight is 854 g/mol. The average Bonchev–Trinajstić information content (AvgIpc) is 3.20. The largest absolute Gasteiger partial charge is 0.542 e. The molecule has 6 rings (SSSR count). The van der Waals surface area contributed by atoms with Gasteiger partial charge in [-0.05, 0) is 47.4 Å². The Morgan fingerprint density at radius 3 is 2.28 bits per heavy atom. The third-order valence-corrected chi connectivity index (χ3v) is 9.99. The number of nitrogens with zero attached hydrogens (tertiary/aromatic N) is 1. The quantitative estimate of drug-likeness (QED) is 0.0679. The third-order valence-electron chi connectivity index (χ3n) is 9.99. The molecule has 1 saturated heterocycles. The van der Waals surface area contributed by atoms with E-state index >= 15 is 8.78 Å². The number of piperidine rings is 1. The van der Waals surface area contributed by atoms with Gasteiger partial charge in [0.2, 0.25) is 11.5 Å². The molecule has 0 aliphatic carbocycles. The summed E-state index contributed by atoms with van der Waals surface area (Å²) in [6.07, 6.45) is -5.21. The zero-order chi connectivity index (χ0) is 44.5. The SMILES string of the molecule is C[N+]1(C)CCC(OC(=O)Nc2cc(CCC(=O)Nc3cc(F)c(CNC[C@H](O)c4ccc(O)c5[nH]c(=O)ccc45)cc3F)ccc2-c2ccccc2)CC1.O=C([O-])C(F)(F)F. The van der Waals surface area contributed by atoms with Gasteiger partial charge in [-0.25, -0.2) is 13.6 Å². The van der Waals surface area contributed by atoms with Crippen molar-refractivity contribution in [2.24, 2.45) is 0 Å². The molecule has 0 unspecified atom stereocenters. The fourth-order valence-electron chi connectivity index (χ4n) is 6.66. The van der Waals surface area contributed by atoms with E-state index < -0.39 is 47.4 Å². The Morgan fingerprint density at radius 2 is 1.61 bits per heavy atom. The summed E-state index contributed by atoms with van der Waals surface area (Å²) in [5.41, 5.74) is 2.85. The van der Waals surface area contributed by atoms with Crippen molar-refractivity contribution in [2.45, 2.75) is 50.6 Å². The lowest BCUT2D eigenvalue weighted by molar-refractivity contribution is -0.896. The maximum atomic E-state index is 15.1. The highest BCUT2D eigenvalue weighted by atomic mass is 19.4. The summed E-state index contributed by atoms with van der Waals surface area (Å²) in [5.74, 6) is -5.26. The predicted molar refractivity (Wildman–Crippen MR) is 214 cm³/mol. The van der Waals surface area contributed by atoms with E-state index in [1.165, 1.54) is 24.3 Å². The summed E-state index contributed by atoms with van der Waals surface area (Å²) in [5, 5.41) is 38.4. The van der Waals surface area contributed by atoms with Crippen molar-refractivity contribution >= 4 is 40.2 Å². The maximum Gasteiger partial charge on any atom is 0.430 e. The molecule has 1 fully saturated rings. The minimum atomic E-state index is -5.19. The molecular formula is C43H44F5N5O8. The number of aliphatic hydroxyl groups excluding tert-OH is 1. The highest BCUT2D eigenvalue weighted by Gasteiger charge is 2.29. The first kappa shape index (κ1) is 45.7. The number of H-pyrrole nitrogens is 1. The van der Waals surface area contributed by atoms with Crippen LogP contribution in [0.3, 0.4) is 0 Å². The van der Waals surface area contributed by atoms with Gasteiger partial charge >= 0.3 is 12.3 Å². The number of quaternary nitrogens is 1. The molecule has 0 radical (unpaired) electrons. The summed E-state index contributed by atoms with van der Waals surface area (Å²) >= 11 is 0. The number of aryl methyl sites for hydroxylation is 1. The number of benzene rings is 4. The fourth-order valence-corrected chi connectivity index (χ4v) is 6.66. The van der Waals surface area contributed by atoms with Gasteiger partial charge in [0.05, 0.1) is 50.2 Å². The van der Waals surface area contributed by atoms with Crippen molar-refractivity contribution < 1.29 is 60.9 Å². The molecule has 1 aliphatic heterocycles. The number of halogens is 5. The second-order valence-electron chi connectivity index (χ2n) is 15.0. The topological polar surface area (TPSA) is 193 Å². The third kappa shape index (κ3) is 12.8. The van der Waals surface area contributed by atoms with Crippen LogP contribution in [0.1, 0.15) is 42.1 Å². The smallest absolute Gasteiger partial charge is 0.430 e. The molecule has 0 spiro atoms. The van der Waals surface area contributed by atoms with Crippen molar-refractivity contribution in [3.8, 4) is 16.9 Å². The minimum Gasteiger partial charge on any atom is -0.542 e. The molecule has 6 N–H and O–H groups in total. The second kappa shape index (κ2) is 19.8. The molecule has 0 bridgehead atoms. The number of phenolic OH excluding ortho intramolecular Hbond substituents is 1. The number of aliphatic carboxylic acids is 1. The molecule has 1 atom stereocenters. The van der Waals surface area contributed by atoms with Crippen LogP contribution in [0.2, 0.25) is 0 Å². The molecular weight excluding hydrogens is 809 g/mol. The normalized spacial score (nSPS) is 14.4. The molecule has 324 valence electrons. The number of alkyl halides is 3. The van der Waals surface area contributed by atoms with Gasteiger partial charge in [0.15, 0.2) is 0 Å². The van der Waals surface area contributed by atoms with E-state index in [4.69, 9.17) is 14.6 Å². The number of pyridine rings is 1. The summed E-state index contributed by atoms with van der Waals surface area (Å²) in [4.78, 5) is 48.9. The van der Waals surface area contributed by atoms with Crippen LogP contribution >= 0.6 is 0 Å². The van der Waals surface area contributed by atoms with Gasteiger partial charge in [0.1, 0.15) is 29.5 Å². The lowest BCUT2D eigenvalue weighted by atomic mass is 9.99. The number of carboxylic acids is 1. The fraction of sp³-hybridized carbons (Fsp3) is 0.302. The number of aromatic hydroxyl groups is 1. The van der Waals surface area contributed by atoms with Gasteiger partial charge < -0.3 is 45.0 Å². The van der Waals surface area contributed by atoms with Crippen LogP contribution in [0, 0.1) is 11.6 Å². The first-order chi connectivity index (χ1) is 28.8. The molecule has 2 heterocycles. The van der Waals surface area contributed by atoms with E-state index in [0.717, 1.165) is 59.2 Å². The van der Waals surface area contributed by atoms with Crippen LogP contribution < -0.4 is 26.6 Å². The number of carbonyl (C=O) groups excluding carboxylic acids is 3. The van der Waals surface area contributed by atoms with E-state index in [1.807, 2.05) is 42.5 Å². The standard InChI is InChI=1S/C41H43F2N5O6.C2HF3O2/c1-48(2)18-16-28(17-19-48)54-41(53)46-34-20-25(8-10-29(34)26-6-4-3-5-7-26)9-14-38(51)45-35-22-32(42)27(21-33(35)43)23-44-24-37(50)30-11-13-36(49)40-31(30)12-15-39(52)47-40;3-2(4,5)1(6)7/h3-8,10-13,15,20-22,28,37,44,50H,9,14,16-19,23-24H2,1-2H3,(H3-,45,46,47,49,51,52,53);(H,6,7)/t37-;/m0./s1. The Bertz CT molecular complexity index is 2420. The van der Waals surface area contributed by atoms with Crippen LogP contribution in [-0.4, -0.2) is 83.7 Å². The number of carboxylic acid groups (broad SMARTS) is 1. The van der Waals surface area contributed by atoms with Crippen molar-refractivity contribution in [3.05, 3.63) is 124 Å². The molecule has 1 aromatic heterocycles. The number of aromatic nitrogens is 1. The Labute approximate surface area is 346 Å². The van der Waals surface area contributed by atoms with Crippen LogP contribution in [-0.2, 0) is 27.3 Å². The van der Waals surface area contributed by atoms with E-state index in [-0.39, 0.29) is 54.6 Å². The summed E-state index contributed by atoms with van der Waals surface area (Å²) in [6.45, 7) is 1.67. The molecule has 4 aromatic carbocycles. The lowest BCUT2D eigenvalue weighted by Crippen LogP contribution is -2.48. The Balaban J connectivity index is 0.000000925. The Morgan fingerprint density at radius 1 is 0.918 bits per heavy atom. The van der Waals surface area contributed by atoms with Gasteiger partial charge in [-0.1, -0.05) is 48.5 Å². The van der Waals surface area contributed by atoms with E-state index in [0.29, 0.717) is 16.6 Å². The highest BCUT2D eigenvalue weighted by molar-refractivity contribution is 5.93. The highest BCUT2D eigenvalue weighted by Crippen LogP contribution is 2.31. The number of hydrogen-bond acceptors (Lipinski definition) is 9. The number of likely N-dealkylation sites (tertiary alicyclic amines) is 1. The molecule has 18 heteroatoms.